The fourth-order valence-corrected chi connectivity index (χ4v) is 2.35. The molecule has 0 unspecified atom stereocenters. The molecule has 3 nitrogen and oxygen atoms in total. The highest BCUT2D eigenvalue weighted by Crippen LogP contribution is 2.22. The Bertz CT molecular complexity index is 839. The first kappa shape index (κ1) is 10.3. The van der Waals surface area contributed by atoms with Gasteiger partial charge in [0.2, 0.25) is 0 Å². The maximum Gasteiger partial charge on any atom is 0.113 e. The maximum absolute atomic E-state index is 4.54. The van der Waals surface area contributed by atoms with E-state index in [1.165, 1.54) is 5.39 Å². The molecule has 0 N–H and O–H groups in total. The van der Waals surface area contributed by atoms with Gasteiger partial charge in [0.05, 0.1) is 5.69 Å². The highest BCUT2D eigenvalue weighted by molar-refractivity contribution is 5.90. The summed E-state index contributed by atoms with van der Waals surface area (Å²) in [6.45, 7) is 0. The van der Waals surface area contributed by atoms with Crippen molar-refractivity contribution in [1.82, 2.24) is 15.0 Å². The summed E-state index contributed by atoms with van der Waals surface area (Å²) >= 11 is 0. The zero-order valence-corrected chi connectivity index (χ0v) is 10.2. The molecule has 0 saturated heterocycles. The summed E-state index contributed by atoms with van der Waals surface area (Å²) < 4.78 is 0. The smallest absolute Gasteiger partial charge is 0.113 e. The number of fused-ring (bicyclic) bond motifs is 2. The van der Waals surface area contributed by atoms with Crippen molar-refractivity contribution >= 4 is 21.8 Å². The molecule has 0 fully saturated rings. The molecule has 3 heteroatoms. The summed E-state index contributed by atoms with van der Waals surface area (Å²) in [6, 6.07) is 22.4. The van der Waals surface area contributed by atoms with Crippen LogP contribution in [-0.2, 0) is 0 Å². The average Bonchev–Trinajstić information content (AvgIpc) is 2.90. The number of hydrogen-bond acceptors (Lipinski definition) is 2. The van der Waals surface area contributed by atoms with E-state index in [1.54, 1.807) is 4.80 Å². The van der Waals surface area contributed by atoms with Gasteiger partial charge in [-0.15, -0.1) is 15.0 Å². The van der Waals surface area contributed by atoms with Crippen molar-refractivity contribution in [1.29, 1.82) is 0 Å². The summed E-state index contributed by atoms with van der Waals surface area (Å²) in [5, 5.41) is 11.4. The van der Waals surface area contributed by atoms with E-state index in [4.69, 9.17) is 0 Å². The fourth-order valence-electron chi connectivity index (χ4n) is 2.35. The molecule has 0 atom stereocenters. The van der Waals surface area contributed by atoms with Gasteiger partial charge in [0.1, 0.15) is 11.0 Å². The molecule has 90 valence electrons. The Hall–Kier alpha value is -2.68. The molecule has 0 aliphatic heterocycles. The topological polar surface area (TPSA) is 30.7 Å². The third kappa shape index (κ3) is 1.59. The van der Waals surface area contributed by atoms with E-state index in [0.29, 0.717) is 0 Å². The van der Waals surface area contributed by atoms with Gasteiger partial charge in [-0.3, -0.25) is 0 Å². The SMILES string of the molecule is c1ccc2c(-n3nc4ccccc4n3)cccc2c1. The van der Waals surface area contributed by atoms with Gasteiger partial charge in [0.25, 0.3) is 0 Å². The molecule has 3 aromatic carbocycles. The number of benzene rings is 3. The Morgan fingerprint density at radius 1 is 0.632 bits per heavy atom. The van der Waals surface area contributed by atoms with E-state index in [0.717, 1.165) is 22.1 Å². The van der Waals surface area contributed by atoms with Crippen LogP contribution in [0.25, 0.3) is 27.5 Å². The fraction of sp³-hybridized carbons (Fsp3) is 0. The molecule has 0 amide bonds. The second kappa shape index (κ2) is 3.92. The first-order chi connectivity index (χ1) is 9.42. The molecule has 4 rings (SSSR count). The van der Waals surface area contributed by atoms with Gasteiger partial charge < -0.3 is 0 Å². The normalized spacial score (nSPS) is 11.2. The predicted octanol–water partition coefficient (Wildman–Crippen LogP) is 3.57. The van der Waals surface area contributed by atoms with E-state index in [1.807, 2.05) is 48.5 Å². The first-order valence-corrected chi connectivity index (χ1v) is 6.22. The minimum absolute atomic E-state index is 0.912. The highest BCUT2D eigenvalue weighted by Gasteiger charge is 2.06. The lowest BCUT2D eigenvalue weighted by molar-refractivity contribution is 0.771. The number of aromatic nitrogens is 3. The van der Waals surface area contributed by atoms with Gasteiger partial charge in [0.15, 0.2) is 0 Å². The summed E-state index contributed by atoms with van der Waals surface area (Å²) in [5.41, 5.74) is 2.83. The number of hydrogen-bond donors (Lipinski definition) is 0. The Morgan fingerprint density at radius 3 is 2.05 bits per heavy atom. The molecular formula is C16H11N3. The molecule has 1 aromatic heterocycles. The van der Waals surface area contributed by atoms with Crippen LogP contribution in [0.4, 0.5) is 0 Å². The van der Waals surface area contributed by atoms with Crippen LogP contribution in [0.5, 0.6) is 0 Å². The predicted molar refractivity (Wildman–Crippen MR) is 76.4 cm³/mol. The molecule has 0 radical (unpaired) electrons. The van der Waals surface area contributed by atoms with Crippen molar-refractivity contribution in [2.75, 3.05) is 0 Å². The zero-order valence-electron chi connectivity index (χ0n) is 10.2. The van der Waals surface area contributed by atoms with Crippen molar-refractivity contribution in [3.8, 4) is 5.69 Å². The summed E-state index contributed by atoms with van der Waals surface area (Å²) in [5.74, 6) is 0. The largest absolute Gasteiger partial charge is 0.150 e. The monoisotopic (exact) mass is 245 g/mol. The van der Waals surface area contributed by atoms with Crippen LogP contribution in [0.15, 0.2) is 66.7 Å². The van der Waals surface area contributed by atoms with Crippen molar-refractivity contribution in [2.45, 2.75) is 0 Å². The molecule has 19 heavy (non-hydrogen) atoms. The quantitative estimate of drug-likeness (QED) is 0.513. The Morgan fingerprint density at radius 2 is 1.26 bits per heavy atom. The Balaban J connectivity index is 2.03. The van der Waals surface area contributed by atoms with Crippen molar-refractivity contribution in [2.24, 2.45) is 0 Å². The molecule has 0 aliphatic rings. The Labute approximate surface area is 110 Å². The lowest BCUT2D eigenvalue weighted by Crippen LogP contribution is -1.99. The van der Waals surface area contributed by atoms with Crippen LogP contribution < -0.4 is 0 Å². The van der Waals surface area contributed by atoms with Crippen molar-refractivity contribution in [3.63, 3.8) is 0 Å². The van der Waals surface area contributed by atoms with Crippen LogP contribution in [0.3, 0.4) is 0 Å². The van der Waals surface area contributed by atoms with Crippen LogP contribution in [0.1, 0.15) is 0 Å². The van der Waals surface area contributed by atoms with E-state index < -0.39 is 0 Å². The summed E-state index contributed by atoms with van der Waals surface area (Å²) in [4.78, 5) is 1.72. The number of rotatable bonds is 1. The van der Waals surface area contributed by atoms with E-state index in [2.05, 4.69) is 28.4 Å². The molecule has 0 saturated carbocycles. The lowest BCUT2D eigenvalue weighted by atomic mass is 10.1. The second-order valence-electron chi connectivity index (χ2n) is 4.48. The van der Waals surface area contributed by atoms with Gasteiger partial charge in [-0.25, -0.2) is 0 Å². The molecular weight excluding hydrogens is 234 g/mol. The maximum atomic E-state index is 4.54. The van der Waals surface area contributed by atoms with Gasteiger partial charge >= 0.3 is 0 Å². The Kier molecular flexibility index (Phi) is 2.12. The molecule has 1 heterocycles. The summed E-state index contributed by atoms with van der Waals surface area (Å²) in [7, 11) is 0. The minimum atomic E-state index is 0.912. The van der Waals surface area contributed by atoms with E-state index in [9.17, 15) is 0 Å². The van der Waals surface area contributed by atoms with E-state index in [-0.39, 0.29) is 0 Å². The molecule has 0 spiro atoms. The minimum Gasteiger partial charge on any atom is -0.150 e. The van der Waals surface area contributed by atoms with Gasteiger partial charge in [-0.05, 0) is 23.6 Å². The standard InChI is InChI=1S/C16H11N3/c1-2-8-13-12(6-1)7-5-11-16(13)19-17-14-9-3-4-10-15(14)18-19/h1-11H. The third-order valence-electron chi connectivity index (χ3n) is 3.27. The number of nitrogens with zero attached hydrogens (tertiary/aromatic N) is 3. The van der Waals surface area contributed by atoms with Crippen LogP contribution in [0.2, 0.25) is 0 Å². The average molecular weight is 245 g/mol. The lowest BCUT2D eigenvalue weighted by Gasteiger charge is -2.04. The van der Waals surface area contributed by atoms with Gasteiger partial charge in [-0.1, -0.05) is 48.5 Å². The van der Waals surface area contributed by atoms with Gasteiger partial charge in [-0.2, -0.15) is 0 Å². The molecule has 0 aliphatic carbocycles. The molecule has 0 bridgehead atoms. The first-order valence-electron chi connectivity index (χ1n) is 6.22. The van der Waals surface area contributed by atoms with Gasteiger partial charge in [0, 0.05) is 5.39 Å². The van der Waals surface area contributed by atoms with Crippen molar-refractivity contribution in [3.05, 3.63) is 66.7 Å². The summed E-state index contributed by atoms with van der Waals surface area (Å²) in [6.07, 6.45) is 0. The third-order valence-corrected chi connectivity index (χ3v) is 3.27. The zero-order chi connectivity index (χ0) is 12.7. The van der Waals surface area contributed by atoms with Crippen LogP contribution in [-0.4, -0.2) is 15.0 Å². The van der Waals surface area contributed by atoms with Crippen LogP contribution in [0, 0.1) is 0 Å². The highest BCUT2D eigenvalue weighted by atomic mass is 15.5. The van der Waals surface area contributed by atoms with Crippen LogP contribution >= 0.6 is 0 Å². The van der Waals surface area contributed by atoms with Crippen molar-refractivity contribution < 1.29 is 0 Å². The second-order valence-corrected chi connectivity index (χ2v) is 4.48. The molecule has 4 aromatic rings. The van der Waals surface area contributed by atoms with E-state index >= 15 is 0 Å².